The average Bonchev–Trinajstić information content (AvgIpc) is 3.10. The molecule has 0 bridgehead atoms. The van der Waals surface area contributed by atoms with Gasteiger partial charge in [0.2, 0.25) is 0 Å². The predicted molar refractivity (Wildman–Crippen MR) is 110 cm³/mol. The molecule has 2 aliphatic rings. The molecular formula is C23H32F6N2O. The molecule has 2 atom stereocenters. The summed E-state index contributed by atoms with van der Waals surface area (Å²) in [5.74, 6) is 0. The smallest absolute Gasteiger partial charge is 0.357 e. The SMILES string of the molecule is CCN(CCCN1COC(c2cc(C(F)(F)F)cc(C(F)(F)F)c2)C1C)C1CCCCC1. The van der Waals surface area contributed by atoms with Crippen LogP contribution in [0.3, 0.4) is 0 Å². The lowest BCUT2D eigenvalue weighted by molar-refractivity contribution is -0.143. The average molecular weight is 467 g/mol. The quantitative estimate of drug-likeness (QED) is 0.428. The highest BCUT2D eigenvalue weighted by Gasteiger charge is 2.40. The van der Waals surface area contributed by atoms with E-state index in [1.54, 1.807) is 6.92 Å². The van der Waals surface area contributed by atoms with Crippen molar-refractivity contribution in [3.8, 4) is 0 Å². The number of ether oxygens (including phenoxy) is 1. The summed E-state index contributed by atoms with van der Waals surface area (Å²) in [5, 5.41) is 0. The Morgan fingerprint density at radius 3 is 2.09 bits per heavy atom. The molecule has 32 heavy (non-hydrogen) atoms. The van der Waals surface area contributed by atoms with Crippen LogP contribution in [0.2, 0.25) is 0 Å². The highest BCUT2D eigenvalue weighted by molar-refractivity contribution is 5.35. The van der Waals surface area contributed by atoms with E-state index in [0.717, 1.165) is 31.6 Å². The van der Waals surface area contributed by atoms with Gasteiger partial charge in [-0.25, -0.2) is 0 Å². The molecule has 1 saturated carbocycles. The molecule has 0 aromatic heterocycles. The molecule has 0 radical (unpaired) electrons. The van der Waals surface area contributed by atoms with Crippen LogP contribution in [0.25, 0.3) is 0 Å². The number of halogens is 6. The molecular weight excluding hydrogens is 434 g/mol. The fraction of sp³-hybridized carbons (Fsp3) is 0.739. The van der Waals surface area contributed by atoms with Crippen LogP contribution in [0, 0.1) is 0 Å². The van der Waals surface area contributed by atoms with Gasteiger partial charge in [-0.2, -0.15) is 26.3 Å². The van der Waals surface area contributed by atoms with E-state index < -0.39 is 29.6 Å². The Morgan fingerprint density at radius 2 is 1.56 bits per heavy atom. The molecule has 2 fully saturated rings. The van der Waals surface area contributed by atoms with Crippen molar-refractivity contribution >= 4 is 0 Å². The number of benzene rings is 1. The molecule has 1 saturated heterocycles. The maximum Gasteiger partial charge on any atom is 0.416 e. The molecule has 0 N–H and O–H groups in total. The zero-order chi connectivity index (χ0) is 23.5. The molecule has 1 aromatic carbocycles. The number of nitrogens with zero attached hydrogens (tertiary/aromatic N) is 2. The van der Waals surface area contributed by atoms with Crippen molar-refractivity contribution in [1.29, 1.82) is 0 Å². The number of rotatable bonds is 7. The van der Waals surface area contributed by atoms with Gasteiger partial charge in [0.25, 0.3) is 0 Å². The lowest BCUT2D eigenvalue weighted by Gasteiger charge is -2.34. The molecule has 182 valence electrons. The molecule has 1 aromatic rings. The van der Waals surface area contributed by atoms with E-state index in [9.17, 15) is 26.3 Å². The lowest BCUT2D eigenvalue weighted by Crippen LogP contribution is -2.39. The maximum atomic E-state index is 13.2. The van der Waals surface area contributed by atoms with E-state index in [4.69, 9.17) is 4.74 Å². The van der Waals surface area contributed by atoms with Gasteiger partial charge in [0.15, 0.2) is 0 Å². The minimum absolute atomic E-state index is 0.0838. The Morgan fingerprint density at radius 1 is 0.969 bits per heavy atom. The van der Waals surface area contributed by atoms with Gasteiger partial charge >= 0.3 is 12.4 Å². The van der Waals surface area contributed by atoms with E-state index in [0.29, 0.717) is 12.6 Å². The van der Waals surface area contributed by atoms with Crippen molar-refractivity contribution in [2.24, 2.45) is 0 Å². The molecule has 1 aliphatic heterocycles. The van der Waals surface area contributed by atoms with Crippen molar-refractivity contribution in [2.75, 3.05) is 26.4 Å². The molecule has 3 rings (SSSR count). The molecule has 3 nitrogen and oxygen atoms in total. The largest absolute Gasteiger partial charge is 0.416 e. The summed E-state index contributed by atoms with van der Waals surface area (Å²) < 4.78 is 84.9. The fourth-order valence-corrected chi connectivity index (χ4v) is 4.93. The van der Waals surface area contributed by atoms with Gasteiger partial charge in [-0.1, -0.05) is 26.2 Å². The molecule has 2 unspecified atom stereocenters. The number of alkyl halides is 6. The normalized spacial score (nSPS) is 23.9. The Bertz CT molecular complexity index is 713. The van der Waals surface area contributed by atoms with Crippen LogP contribution in [-0.2, 0) is 17.1 Å². The Labute approximate surface area is 185 Å². The van der Waals surface area contributed by atoms with Crippen LogP contribution < -0.4 is 0 Å². The van der Waals surface area contributed by atoms with Gasteiger partial charge in [-0.15, -0.1) is 0 Å². The molecule has 9 heteroatoms. The van der Waals surface area contributed by atoms with Crippen molar-refractivity contribution < 1.29 is 31.1 Å². The third kappa shape index (κ3) is 6.17. The maximum absolute atomic E-state index is 13.2. The second-order valence-corrected chi connectivity index (χ2v) is 8.88. The first-order valence-electron chi connectivity index (χ1n) is 11.4. The van der Waals surface area contributed by atoms with Gasteiger partial charge in [0.05, 0.1) is 17.2 Å². The van der Waals surface area contributed by atoms with Crippen LogP contribution in [0.4, 0.5) is 26.3 Å². The standard InChI is InChI=1S/C23H32F6N2O/c1-3-30(20-8-5-4-6-9-20)10-7-11-31-15-32-21(16(31)2)17-12-18(22(24,25)26)14-19(13-17)23(27,28)29/h12-14,16,20-21H,3-11,15H2,1-2H3. The Hall–Kier alpha value is -1.32. The lowest BCUT2D eigenvalue weighted by atomic mass is 9.94. The highest BCUT2D eigenvalue weighted by Crippen LogP contribution is 2.40. The van der Waals surface area contributed by atoms with Gasteiger partial charge in [0, 0.05) is 18.6 Å². The predicted octanol–water partition coefficient (Wildman–Crippen LogP) is 6.49. The van der Waals surface area contributed by atoms with E-state index in [1.807, 2.05) is 4.90 Å². The van der Waals surface area contributed by atoms with Gasteiger partial charge in [-0.3, -0.25) is 4.90 Å². The van der Waals surface area contributed by atoms with E-state index in [-0.39, 0.29) is 24.4 Å². The van der Waals surface area contributed by atoms with Crippen LogP contribution >= 0.6 is 0 Å². The van der Waals surface area contributed by atoms with Crippen molar-refractivity contribution in [2.45, 2.75) is 82.9 Å². The second kappa shape index (κ2) is 10.3. The monoisotopic (exact) mass is 466 g/mol. The van der Waals surface area contributed by atoms with Crippen LogP contribution in [0.15, 0.2) is 18.2 Å². The van der Waals surface area contributed by atoms with E-state index in [2.05, 4.69) is 11.8 Å². The number of hydrogen-bond acceptors (Lipinski definition) is 3. The summed E-state index contributed by atoms with van der Waals surface area (Å²) in [7, 11) is 0. The van der Waals surface area contributed by atoms with Crippen LogP contribution in [0.1, 0.15) is 75.2 Å². The zero-order valence-corrected chi connectivity index (χ0v) is 18.6. The van der Waals surface area contributed by atoms with Crippen molar-refractivity contribution in [3.05, 3.63) is 34.9 Å². The van der Waals surface area contributed by atoms with Crippen LogP contribution in [0.5, 0.6) is 0 Å². The Balaban J connectivity index is 1.65. The van der Waals surface area contributed by atoms with Crippen LogP contribution in [-0.4, -0.2) is 48.2 Å². The minimum Gasteiger partial charge on any atom is -0.357 e. The first-order chi connectivity index (χ1) is 15.0. The minimum atomic E-state index is -4.86. The summed E-state index contributed by atoms with van der Waals surface area (Å²) in [5.41, 5.74) is -2.69. The third-order valence-electron chi connectivity index (χ3n) is 6.76. The summed E-state index contributed by atoms with van der Waals surface area (Å²) in [6.07, 6.45) is -3.43. The summed E-state index contributed by atoms with van der Waals surface area (Å²) >= 11 is 0. The fourth-order valence-electron chi connectivity index (χ4n) is 4.93. The van der Waals surface area contributed by atoms with Gasteiger partial charge in [-0.05, 0) is 63.0 Å². The second-order valence-electron chi connectivity index (χ2n) is 8.88. The third-order valence-corrected chi connectivity index (χ3v) is 6.76. The summed E-state index contributed by atoms with van der Waals surface area (Å²) in [4.78, 5) is 4.48. The number of hydrogen-bond donors (Lipinski definition) is 0. The summed E-state index contributed by atoms with van der Waals surface area (Å²) in [6, 6.07) is 2.01. The van der Waals surface area contributed by atoms with E-state index in [1.165, 1.54) is 32.1 Å². The first-order valence-corrected chi connectivity index (χ1v) is 11.4. The zero-order valence-electron chi connectivity index (χ0n) is 18.6. The molecule has 1 aliphatic carbocycles. The van der Waals surface area contributed by atoms with E-state index >= 15 is 0 Å². The first kappa shape index (κ1) is 25.3. The molecule has 1 heterocycles. The highest BCUT2D eigenvalue weighted by atomic mass is 19.4. The molecule has 0 spiro atoms. The van der Waals surface area contributed by atoms with Crippen molar-refractivity contribution in [1.82, 2.24) is 9.80 Å². The molecule has 0 amide bonds. The summed E-state index contributed by atoms with van der Waals surface area (Å²) in [6.45, 7) is 6.73. The van der Waals surface area contributed by atoms with Crippen molar-refractivity contribution in [3.63, 3.8) is 0 Å². The van der Waals surface area contributed by atoms with Gasteiger partial charge in [0.1, 0.15) is 6.73 Å². The van der Waals surface area contributed by atoms with Gasteiger partial charge < -0.3 is 9.64 Å². The Kier molecular flexibility index (Phi) is 8.15. The topological polar surface area (TPSA) is 15.7 Å².